The number of ether oxygens (including phenoxy) is 2. The molecule has 0 radical (unpaired) electrons. The topological polar surface area (TPSA) is 59.9 Å². The molecular weight excluding hydrogens is 388 g/mol. The molecule has 1 aliphatic rings. The van der Waals surface area contributed by atoms with E-state index in [1.54, 1.807) is 6.92 Å². The molecule has 0 atom stereocenters. The summed E-state index contributed by atoms with van der Waals surface area (Å²) in [4.78, 5) is 16.1. The lowest BCUT2D eigenvalue weighted by atomic mass is 9.81. The third-order valence-corrected chi connectivity index (χ3v) is 5.10. The van der Waals surface area contributed by atoms with Crippen LogP contribution in [0.5, 0.6) is 0 Å². The summed E-state index contributed by atoms with van der Waals surface area (Å²) in [6.07, 6.45) is 3.92. The number of carbonyl (C=O) groups is 1. The van der Waals surface area contributed by atoms with Crippen molar-refractivity contribution in [1.29, 1.82) is 0 Å². The van der Waals surface area contributed by atoms with Crippen LogP contribution in [0.1, 0.15) is 31.9 Å². The molecule has 0 aliphatic carbocycles. The fourth-order valence-corrected chi connectivity index (χ4v) is 3.23. The van der Waals surface area contributed by atoms with E-state index in [-0.39, 0.29) is 18.6 Å². The fourth-order valence-electron chi connectivity index (χ4n) is 3.23. The summed E-state index contributed by atoms with van der Waals surface area (Å²) in [5, 5.41) is 3.28. The van der Waals surface area contributed by atoms with Crippen LogP contribution in [0, 0.1) is 0 Å². The first-order valence-electron chi connectivity index (χ1n) is 10.2. The summed E-state index contributed by atoms with van der Waals surface area (Å²) in [6, 6.07) is 16.0. The quantitative estimate of drug-likeness (QED) is 0.243. The van der Waals surface area contributed by atoms with Crippen LogP contribution in [-0.4, -0.2) is 24.9 Å². The fraction of sp³-hybridized carbons (Fsp3) is 0.231. The third-order valence-electron chi connectivity index (χ3n) is 5.10. The Morgan fingerprint density at radius 3 is 2.42 bits per heavy atom. The van der Waals surface area contributed by atoms with Crippen molar-refractivity contribution in [3.05, 3.63) is 90.7 Å². The highest BCUT2D eigenvalue weighted by Gasteiger charge is 2.32. The predicted molar refractivity (Wildman–Crippen MR) is 127 cm³/mol. The summed E-state index contributed by atoms with van der Waals surface area (Å²) in [5.74, 6) is 0.0989. The molecule has 0 amide bonds. The molecule has 5 nitrogen and oxygen atoms in total. The maximum atomic E-state index is 11.3. The highest BCUT2D eigenvalue weighted by molar-refractivity contribution is 6.08. The summed E-state index contributed by atoms with van der Waals surface area (Å²) >= 11 is 0. The Labute approximate surface area is 183 Å². The number of nitrogens with one attached hydrogen (secondary N) is 1. The maximum absolute atomic E-state index is 11.3. The molecule has 0 spiro atoms. The molecule has 0 aromatic heterocycles. The van der Waals surface area contributed by atoms with Crippen molar-refractivity contribution in [2.75, 3.05) is 18.5 Å². The van der Waals surface area contributed by atoms with Crippen molar-refractivity contribution in [3.63, 3.8) is 0 Å². The van der Waals surface area contributed by atoms with Crippen LogP contribution in [-0.2, 0) is 19.7 Å². The summed E-state index contributed by atoms with van der Waals surface area (Å²) < 4.78 is 10.5. The van der Waals surface area contributed by atoms with E-state index < -0.39 is 5.97 Å². The second-order valence-corrected chi connectivity index (χ2v) is 7.88. The largest absolute Gasteiger partial charge is 0.490 e. The number of benzene rings is 2. The molecule has 1 heterocycles. The van der Waals surface area contributed by atoms with Gasteiger partial charge in [-0.15, -0.1) is 0 Å². The monoisotopic (exact) mass is 416 g/mol. The lowest BCUT2D eigenvalue weighted by molar-refractivity contribution is -0.139. The minimum atomic E-state index is -0.423. The number of nitrogens with zero attached hydrogens (tertiary/aromatic N) is 1. The van der Waals surface area contributed by atoms with Crippen LogP contribution in [0.25, 0.3) is 5.76 Å². The Balaban J connectivity index is 1.50. The van der Waals surface area contributed by atoms with E-state index in [1.165, 1.54) is 5.56 Å². The van der Waals surface area contributed by atoms with Gasteiger partial charge in [0.05, 0.1) is 11.4 Å². The van der Waals surface area contributed by atoms with Crippen molar-refractivity contribution in [2.45, 2.75) is 26.2 Å². The number of carbonyl (C=O) groups excluding carboxylic acids is 1. The first-order valence-corrected chi connectivity index (χ1v) is 10.2. The third kappa shape index (κ3) is 5.31. The molecule has 0 saturated carbocycles. The van der Waals surface area contributed by atoms with E-state index in [0.29, 0.717) is 11.3 Å². The molecule has 160 valence electrons. The predicted octanol–water partition coefficient (Wildman–Crippen LogP) is 5.78. The van der Waals surface area contributed by atoms with Crippen LogP contribution in [0.2, 0.25) is 0 Å². The van der Waals surface area contributed by atoms with Crippen molar-refractivity contribution in [2.24, 2.45) is 4.99 Å². The van der Waals surface area contributed by atoms with Gasteiger partial charge >= 0.3 is 5.97 Å². The Bertz CT molecular complexity index is 1050. The zero-order valence-corrected chi connectivity index (χ0v) is 18.3. The normalized spacial score (nSPS) is 14.0. The average Bonchev–Trinajstić information content (AvgIpc) is 3.01. The van der Waals surface area contributed by atoms with Crippen LogP contribution in [0.4, 0.5) is 11.4 Å². The molecule has 5 heteroatoms. The molecule has 2 aromatic rings. The maximum Gasteiger partial charge on any atom is 0.333 e. The van der Waals surface area contributed by atoms with Crippen molar-refractivity contribution >= 4 is 28.8 Å². The molecule has 1 N–H and O–H groups in total. The molecule has 1 aliphatic heterocycles. The van der Waals surface area contributed by atoms with E-state index in [2.05, 4.69) is 44.5 Å². The number of esters is 1. The van der Waals surface area contributed by atoms with Crippen LogP contribution in [0.3, 0.4) is 0 Å². The molecule has 0 saturated heterocycles. The van der Waals surface area contributed by atoms with E-state index in [1.807, 2.05) is 48.7 Å². The van der Waals surface area contributed by atoms with Crippen molar-refractivity contribution < 1.29 is 14.3 Å². The summed E-state index contributed by atoms with van der Waals surface area (Å²) in [6.45, 7) is 13.8. The van der Waals surface area contributed by atoms with Gasteiger partial charge in [0, 0.05) is 28.4 Å². The van der Waals surface area contributed by atoms with E-state index >= 15 is 0 Å². The van der Waals surface area contributed by atoms with E-state index in [9.17, 15) is 4.79 Å². The highest BCUT2D eigenvalue weighted by Crippen LogP contribution is 2.39. The molecule has 3 rings (SSSR count). The second-order valence-electron chi connectivity index (χ2n) is 7.88. The zero-order chi connectivity index (χ0) is 22.4. The van der Waals surface area contributed by atoms with Gasteiger partial charge in [0.1, 0.15) is 19.0 Å². The Morgan fingerprint density at radius 1 is 1.06 bits per heavy atom. The molecule has 0 fully saturated rings. The van der Waals surface area contributed by atoms with Gasteiger partial charge < -0.3 is 14.8 Å². The molecular formula is C26H28N2O3. The lowest BCUT2D eigenvalue weighted by Crippen LogP contribution is -2.23. The Kier molecular flexibility index (Phi) is 6.75. The van der Waals surface area contributed by atoms with Gasteiger partial charge in [-0.25, -0.2) is 4.79 Å². The standard InChI is InChI=1S/C26H28N2O3/c1-18(2)25(29)31-17-16-30-19(3)20-10-12-21(13-11-20)27-15-14-24-26(4,5)22-8-6-7-9-23(22)28-24/h6-15,27H,1,3,16-17H2,2,4-5H3/b15-14+. The number of allylic oxidation sites excluding steroid dienone is 1. The Morgan fingerprint density at radius 2 is 1.74 bits per heavy atom. The van der Waals surface area contributed by atoms with Gasteiger partial charge in [-0.2, -0.15) is 0 Å². The van der Waals surface area contributed by atoms with Crippen molar-refractivity contribution in [3.8, 4) is 0 Å². The second kappa shape index (κ2) is 9.47. The molecule has 31 heavy (non-hydrogen) atoms. The van der Waals surface area contributed by atoms with Gasteiger partial charge in [0.25, 0.3) is 0 Å². The number of hydrogen-bond acceptors (Lipinski definition) is 5. The Hall–Kier alpha value is -3.60. The van der Waals surface area contributed by atoms with Gasteiger partial charge in [0.15, 0.2) is 0 Å². The van der Waals surface area contributed by atoms with Gasteiger partial charge in [-0.05, 0) is 48.9 Å². The van der Waals surface area contributed by atoms with E-state index in [0.717, 1.165) is 22.6 Å². The molecule has 0 bridgehead atoms. The van der Waals surface area contributed by atoms with Gasteiger partial charge in [-0.1, -0.05) is 45.2 Å². The van der Waals surface area contributed by atoms with Crippen LogP contribution >= 0.6 is 0 Å². The molecule has 0 unspecified atom stereocenters. The first-order chi connectivity index (χ1) is 14.8. The molecule has 2 aromatic carbocycles. The van der Waals surface area contributed by atoms with Gasteiger partial charge in [0.2, 0.25) is 0 Å². The minimum absolute atomic E-state index is 0.119. The van der Waals surface area contributed by atoms with Gasteiger partial charge in [-0.3, -0.25) is 4.99 Å². The number of aliphatic imine (C=N–C) groups is 1. The number of fused-ring (bicyclic) bond motifs is 1. The SMILES string of the molecule is C=C(C)C(=O)OCCOC(=C)c1ccc(N/C=C/C2=Nc3ccccc3C2(C)C)cc1. The van der Waals surface area contributed by atoms with Crippen LogP contribution < -0.4 is 5.32 Å². The highest BCUT2D eigenvalue weighted by atomic mass is 16.6. The smallest absolute Gasteiger partial charge is 0.333 e. The average molecular weight is 417 g/mol. The van der Waals surface area contributed by atoms with E-state index in [4.69, 9.17) is 14.5 Å². The number of para-hydroxylation sites is 1. The summed E-state index contributed by atoms with van der Waals surface area (Å²) in [7, 11) is 0. The number of hydrogen-bond donors (Lipinski definition) is 1. The van der Waals surface area contributed by atoms with Crippen LogP contribution in [0.15, 0.2) is 84.5 Å². The zero-order valence-electron chi connectivity index (χ0n) is 18.3. The number of rotatable bonds is 9. The lowest BCUT2D eigenvalue weighted by Gasteiger charge is -2.20. The number of anilines is 1. The van der Waals surface area contributed by atoms with Crippen molar-refractivity contribution in [1.82, 2.24) is 0 Å². The minimum Gasteiger partial charge on any atom is -0.490 e. The first kappa shape index (κ1) is 22.1. The summed E-state index contributed by atoms with van der Waals surface area (Å²) in [5.41, 5.74) is 5.34.